The second kappa shape index (κ2) is 11.4. The summed E-state index contributed by atoms with van der Waals surface area (Å²) in [7, 11) is 0. The molecular formula is C5H12O4S. The maximum atomic E-state index is 9.86. The summed E-state index contributed by atoms with van der Waals surface area (Å²) in [5.41, 5.74) is 0. The number of rotatable bonds is 2. The van der Waals surface area contributed by atoms with Crippen LogP contribution in [0.3, 0.4) is 0 Å². The normalized spacial score (nSPS) is 7.20. The van der Waals surface area contributed by atoms with Gasteiger partial charge < -0.3 is 4.18 Å². The van der Waals surface area contributed by atoms with E-state index in [1.165, 1.54) is 0 Å². The van der Waals surface area contributed by atoms with Crippen LogP contribution < -0.4 is 0 Å². The minimum absolute atomic E-state index is 0.634. The third-order valence-corrected chi connectivity index (χ3v) is 0.809. The van der Waals surface area contributed by atoms with Crippen molar-refractivity contribution < 1.29 is 19.1 Å². The first-order valence-corrected chi connectivity index (χ1v) is 3.87. The summed E-state index contributed by atoms with van der Waals surface area (Å²) in [5, 5.41) is 7.57. The van der Waals surface area contributed by atoms with Gasteiger partial charge in [-0.15, -0.1) is 0 Å². The number of carbonyl (C=O) groups excluding carboxylic acids is 1. The lowest BCUT2D eigenvalue weighted by Gasteiger charge is -1.92. The van der Waals surface area contributed by atoms with Crippen LogP contribution in [0.1, 0.15) is 20.8 Å². The van der Waals surface area contributed by atoms with Crippen LogP contribution in [0, 0.1) is 0 Å². The molecule has 0 saturated carbocycles. The Morgan fingerprint density at radius 3 is 2.40 bits per heavy atom. The Labute approximate surface area is 64.6 Å². The maximum absolute atomic E-state index is 9.86. The van der Waals surface area contributed by atoms with E-state index in [9.17, 15) is 4.79 Å². The molecule has 62 valence electrons. The fourth-order valence-corrected chi connectivity index (χ4v) is 0.367. The molecule has 0 aliphatic carbocycles. The lowest BCUT2D eigenvalue weighted by atomic mass is 11.0. The van der Waals surface area contributed by atoms with Gasteiger partial charge in [-0.05, 0) is 0 Å². The Balaban J connectivity index is 0. The molecule has 0 saturated heterocycles. The van der Waals surface area contributed by atoms with Crippen molar-refractivity contribution in [2.24, 2.45) is 0 Å². The molecule has 0 aromatic heterocycles. The van der Waals surface area contributed by atoms with Crippen LogP contribution in [0.2, 0.25) is 0 Å². The molecule has 0 atom stereocenters. The number of hydrogen-bond acceptors (Lipinski definition) is 5. The van der Waals surface area contributed by atoms with Gasteiger partial charge in [0.15, 0.2) is 0 Å². The van der Waals surface area contributed by atoms with Crippen LogP contribution in [0.4, 0.5) is 4.79 Å². The quantitative estimate of drug-likeness (QED) is 0.389. The highest BCUT2D eigenvalue weighted by molar-refractivity contribution is 7.95. The van der Waals surface area contributed by atoms with Gasteiger partial charge in [-0.2, -0.15) is 10.1 Å². The molecule has 0 fully saturated rings. The van der Waals surface area contributed by atoms with Gasteiger partial charge in [-0.25, -0.2) is 0 Å². The molecule has 0 aliphatic heterocycles. The summed E-state index contributed by atoms with van der Waals surface area (Å²) in [6.07, 6.45) is -1.09. The van der Waals surface area contributed by atoms with Crippen LogP contribution >= 0.6 is 12.0 Å². The Morgan fingerprint density at radius 2 is 2.10 bits per heavy atom. The average Bonchev–Trinajstić information content (AvgIpc) is 2.04. The summed E-state index contributed by atoms with van der Waals surface area (Å²) >= 11 is 0.906. The van der Waals surface area contributed by atoms with E-state index >= 15 is 0 Å². The van der Waals surface area contributed by atoms with Crippen molar-refractivity contribution in [1.82, 2.24) is 0 Å². The summed E-state index contributed by atoms with van der Waals surface area (Å²) in [5.74, 6) is 0.634. The minimum atomic E-state index is -1.09. The van der Waals surface area contributed by atoms with E-state index in [0.29, 0.717) is 5.75 Å². The molecule has 4 nitrogen and oxygen atoms in total. The Bertz CT molecular complexity index is 76.0. The molecule has 0 aromatic rings. The molecule has 0 amide bonds. The summed E-state index contributed by atoms with van der Waals surface area (Å²) in [4.78, 5) is 13.0. The van der Waals surface area contributed by atoms with Crippen molar-refractivity contribution in [3.8, 4) is 0 Å². The summed E-state index contributed by atoms with van der Waals surface area (Å²) < 4.78 is 4.15. The number of hydrogen-bond donors (Lipinski definition) is 1. The van der Waals surface area contributed by atoms with Crippen LogP contribution in [0.5, 0.6) is 0 Å². The lowest BCUT2D eigenvalue weighted by molar-refractivity contribution is -0.190. The molecule has 0 spiro atoms. The summed E-state index contributed by atoms with van der Waals surface area (Å²) in [6.45, 7) is 5.80. The van der Waals surface area contributed by atoms with Gasteiger partial charge in [0.1, 0.15) is 0 Å². The zero-order valence-corrected chi connectivity index (χ0v) is 7.10. The lowest BCUT2D eigenvalue weighted by Crippen LogP contribution is -1.97. The third kappa shape index (κ3) is 10.5. The fourth-order valence-electron chi connectivity index (χ4n) is 0.122. The van der Waals surface area contributed by atoms with E-state index in [2.05, 4.69) is 9.07 Å². The van der Waals surface area contributed by atoms with E-state index in [0.717, 1.165) is 12.0 Å². The van der Waals surface area contributed by atoms with E-state index in [1.54, 1.807) is 6.92 Å². The molecule has 0 unspecified atom stereocenters. The van der Waals surface area contributed by atoms with Gasteiger partial charge in [-0.1, -0.05) is 20.8 Å². The van der Waals surface area contributed by atoms with E-state index in [4.69, 9.17) is 5.26 Å². The van der Waals surface area contributed by atoms with Gasteiger partial charge in [-0.3, -0.25) is 4.89 Å². The Morgan fingerprint density at radius 1 is 1.60 bits per heavy atom. The minimum Gasteiger partial charge on any atom is -0.358 e. The highest BCUT2D eigenvalue weighted by atomic mass is 32.2. The van der Waals surface area contributed by atoms with Crippen molar-refractivity contribution in [3.63, 3.8) is 0 Å². The molecule has 0 bridgehead atoms. The SMILES string of the molecule is CC.CCSOC(=O)OO. The molecule has 0 aromatic carbocycles. The van der Waals surface area contributed by atoms with E-state index in [-0.39, 0.29) is 0 Å². The van der Waals surface area contributed by atoms with E-state index in [1.807, 2.05) is 13.8 Å². The molecular weight excluding hydrogens is 156 g/mol. The molecule has 0 rings (SSSR count). The molecule has 1 N–H and O–H groups in total. The maximum Gasteiger partial charge on any atom is 0.552 e. The zero-order chi connectivity index (χ0) is 8.41. The van der Waals surface area contributed by atoms with Gasteiger partial charge in [0.05, 0.1) is 12.0 Å². The predicted molar refractivity (Wildman–Crippen MR) is 39.7 cm³/mol. The van der Waals surface area contributed by atoms with Crippen molar-refractivity contribution >= 4 is 18.2 Å². The van der Waals surface area contributed by atoms with Crippen LogP contribution in [-0.2, 0) is 9.07 Å². The molecule has 0 aliphatic rings. The summed E-state index contributed by atoms with van der Waals surface area (Å²) in [6, 6.07) is 0. The highest BCUT2D eigenvalue weighted by Crippen LogP contribution is 2.01. The molecule has 0 radical (unpaired) electrons. The van der Waals surface area contributed by atoms with E-state index < -0.39 is 6.16 Å². The molecule has 10 heavy (non-hydrogen) atoms. The molecule has 5 heteroatoms. The largest absolute Gasteiger partial charge is 0.552 e. The van der Waals surface area contributed by atoms with Crippen LogP contribution in [-0.4, -0.2) is 17.2 Å². The third-order valence-electron chi connectivity index (χ3n) is 0.319. The van der Waals surface area contributed by atoms with Gasteiger partial charge in [0.25, 0.3) is 0 Å². The van der Waals surface area contributed by atoms with Crippen molar-refractivity contribution in [3.05, 3.63) is 0 Å². The van der Waals surface area contributed by atoms with Crippen molar-refractivity contribution in [2.75, 3.05) is 5.75 Å². The fraction of sp³-hybridized carbons (Fsp3) is 0.800. The molecule has 0 heterocycles. The topological polar surface area (TPSA) is 55.8 Å². The van der Waals surface area contributed by atoms with Crippen LogP contribution in [0.15, 0.2) is 0 Å². The number of carbonyl (C=O) groups is 1. The van der Waals surface area contributed by atoms with Crippen LogP contribution in [0.25, 0.3) is 0 Å². The van der Waals surface area contributed by atoms with Gasteiger partial charge >= 0.3 is 6.16 Å². The Kier molecular flexibility index (Phi) is 14.0. The Hall–Kier alpha value is -0.420. The predicted octanol–water partition coefficient (Wildman–Crippen LogP) is 2.31. The first-order chi connectivity index (χ1) is 4.81. The first-order valence-electron chi connectivity index (χ1n) is 2.96. The smallest absolute Gasteiger partial charge is 0.358 e. The van der Waals surface area contributed by atoms with Gasteiger partial charge in [0, 0.05) is 5.75 Å². The van der Waals surface area contributed by atoms with Crippen molar-refractivity contribution in [2.45, 2.75) is 20.8 Å². The average molecular weight is 168 g/mol. The second-order valence-electron chi connectivity index (χ2n) is 0.831. The van der Waals surface area contributed by atoms with Crippen molar-refractivity contribution in [1.29, 1.82) is 0 Å². The standard InChI is InChI=1S/C3H6O4S.C2H6/c1-2-8-7-3(4)6-5;1-2/h5H,2H2,1H3;1-2H3. The first kappa shape index (κ1) is 12.3. The second-order valence-corrected chi connectivity index (χ2v) is 1.81. The van der Waals surface area contributed by atoms with Gasteiger partial charge in [0.2, 0.25) is 0 Å². The zero-order valence-electron chi connectivity index (χ0n) is 6.29. The monoisotopic (exact) mass is 168 g/mol. The highest BCUT2D eigenvalue weighted by Gasteiger charge is 1.99.